The maximum atomic E-state index is 11.9. The molecule has 0 aromatic heterocycles. The fraction of sp³-hybridized carbons (Fsp3) is 0.316. The molecular weight excluding hydrogens is 308 g/mol. The van der Waals surface area contributed by atoms with Crippen LogP contribution in [0, 0.1) is 0 Å². The topological polar surface area (TPSA) is 55.1 Å². The normalized spacial score (nSPS) is 11.4. The fourth-order valence-corrected chi connectivity index (χ4v) is 2.33. The quantitative estimate of drug-likeness (QED) is 0.816. The SMILES string of the molecule is CCc1ccc(CCC(=O)NCC(N)c2ccccc2)cc1.Cl. The number of nitrogens with one attached hydrogen (secondary N) is 1. The molecule has 1 unspecified atom stereocenters. The van der Waals surface area contributed by atoms with Gasteiger partial charge in [-0.15, -0.1) is 12.4 Å². The molecule has 0 saturated carbocycles. The van der Waals surface area contributed by atoms with Crippen LogP contribution >= 0.6 is 12.4 Å². The van der Waals surface area contributed by atoms with Crippen molar-refractivity contribution in [2.24, 2.45) is 5.73 Å². The standard InChI is InChI=1S/C19H24N2O.ClH/c1-2-15-8-10-16(11-9-15)12-13-19(22)21-14-18(20)17-6-4-3-5-7-17;/h3-11,18H,2,12-14,20H2,1H3,(H,21,22);1H. The van der Waals surface area contributed by atoms with Gasteiger partial charge in [0.2, 0.25) is 5.91 Å². The number of benzene rings is 2. The average Bonchev–Trinajstić information content (AvgIpc) is 2.59. The summed E-state index contributed by atoms with van der Waals surface area (Å²) in [6, 6.07) is 18.1. The van der Waals surface area contributed by atoms with Crippen LogP contribution in [-0.4, -0.2) is 12.5 Å². The van der Waals surface area contributed by atoms with Crippen LogP contribution < -0.4 is 11.1 Å². The number of halogens is 1. The Kier molecular flexibility index (Phi) is 8.38. The largest absolute Gasteiger partial charge is 0.354 e. The summed E-state index contributed by atoms with van der Waals surface area (Å²) in [6.45, 7) is 2.61. The van der Waals surface area contributed by atoms with Gasteiger partial charge in [0.05, 0.1) is 0 Å². The Balaban J connectivity index is 0.00000264. The van der Waals surface area contributed by atoms with E-state index in [-0.39, 0.29) is 24.4 Å². The first-order valence-electron chi connectivity index (χ1n) is 7.84. The second-order valence-corrected chi connectivity index (χ2v) is 5.49. The van der Waals surface area contributed by atoms with Crippen molar-refractivity contribution in [3.63, 3.8) is 0 Å². The van der Waals surface area contributed by atoms with Crippen LogP contribution in [0.2, 0.25) is 0 Å². The first-order chi connectivity index (χ1) is 10.7. The smallest absolute Gasteiger partial charge is 0.220 e. The molecule has 1 atom stereocenters. The van der Waals surface area contributed by atoms with Crippen molar-refractivity contribution in [3.8, 4) is 0 Å². The molecule has 2 rings (SSSR count). The lowest BCUT2D eigenvalue weighted by atomic mass is 10.1. The lowest BCUT2D eigenvalue weighted by Gasteiger charge is -2.13. The minimum absolute atomic E-state index is 0. The first-order valence-corrected chi connectivity index (χ1v) is 7.84. The van der Waals surface area contributed by atoms with Crippen molar-refractivity contribution in [1.82, 2.24) is 5.32 Å². The predicted octanol–water partition coefficient (Wildman–Crippen LogP) is 3.42. The molecule has 0 aliphatic carbocycles. The highest BCUT2D eigenvalue weighted by Crippen LogP contribution is 2.09. The molecule has 3 N–H and O–H groups in total. The third-order valence-electron chi connectivity index (χ3n) is 3.82. The lowest BCUT2D eigenvalue weighted by molar-refractivity contribution is -0.121. The summed E-state index contributed by atoms with van der Waals surface area (Å²) in [6.07, 6.45) is 2.29. The van der Waals surface area contributed by atoms with E-state index in [1.807, 2.05) is 30.3 Å². The van der Waals surface area contributed by atoms with Crippen LogP contribution in [0.4, 0.5) is 0 Å². The van der Waals surface area contributed by atoms with Crippen LogP contribution in [0.5, 0.6) is 0 Å². The highest BCUT2D eigenvalue weighted by molar-refractivity contribution is 5.85. The Labute approximate surface area is 144 Å². The van der Waals surface area contributed by atoms with E-state index in [1.54, 1.807) is 0 Å². The Morgan fingerprint density at radius 2 is 1.65 bits per heavy atom. The third kappa shape index (κ3) is 6.43. The molecule has 0 heterocycles. The molecule has 2 aromatic rings. The monoisotopic (exact) mass is 332 g/mol. The molecule has 0 aliphatic rings. The Morgan fingerprint density at radius 3 is 2.26 bits per heavy atom. The first kappa shape index (κ1) is 19.2. The van der Waals surface area contributed by atoms with Crippen LogP contribution in [0.1, 0.15) is 36.1 Å². The van der Waals surface area contributed by atoms with Gasteiger partial charge in [-0.1, -0.05) is 61.5 Å². The van der Waals surface area contributed by atoms with Crippen molar-refractivity contribution in [2.75, 3.05) is 6.54 Å². The molecule has 3 nitrogen and oxygen atoms in total. The molecule has 4 heteroatoms. The molecule has 2 aromatic carbocycles. The molecule has 23 heavy (non-hydrogen) atoms. The van der Waals surface area contributed by atoms with E-state index in [0.29, 0.717) is 13.0 Å². The number of aryl methyl sites for hydroxylation is 2. The van der Waals surface area contributed by atoms with Gasteiger partial charge in [-0.3, -0.25) is 4.79 Å². The van der Waals surface area contributed by atoms with E-state index in [1.165, 1.54) is 11.1 Å². The zero-order chi connectivity index (χ0) is 15.8. The van der Waals surface area contributed by atoms with Gasteiger partial charge in [0.25, 0.3) is 0 Å². The van der Waals surface area contributed by atoms with Gasteiger partial charge in [-0.2, -0.15) is 0 Å². The van der Waals surface area contributed by atoms with Crippen LogP contribution in [0.15, 0.2) is 54.6 Å². The van der Waals surface area contributed by atoms with Gasteiger partial charge in [0.1, 0.15) is 0 Å². The number of hydrogen-bond acceptors (Lipinski definition) is 2. The fourth-order valence-electron chi connectivity index (χ4n) is 2.33. The van der Waals surface area contributed by atoms with Crippen LogP contribution in [0.3, 0.4) is 0 Å². The minimum Gasteiger partial charge on any atom is -0.354 e. The van der Waals surface area contributed by atoms with E-state index in [9.17, 15) is 4.79 Å². The lowest BCUT2D eigenvalue weighted by Crippen LogP contribution is -2.32. The molecule has 124 valence electrons. The third-order valence-corrected chi connectivity index (χ3v) is 3.82. The van der Waals surface area contributed by atoms with E-state index in [2.05, 4.69) is 36.5 Å². The molecule has 0 bridgehead atoms. The number of amides is 1. The highest BCUT2D eigenvalue weighted by Gasteiger charge is 2.08. The predicted molar refractivity (Wildman–Crippen MR) is 97.8 cm³/mol. The second kappa shape index (κ2) is 10.0. The van der Waals surface area contributed by atoms with Crippen molar-refractivity contribution >= 4 is 18.3 Å². The number of carbonyl (C=O) groups is 1. The molecular formula is C19H25ClN2O. The van der Waals surface area contributed by atoms with Gasteiger partial charge < -0.3 is 11.1 Å². The van der Waals surface area contributed by atoms with Gasteiger partial charge >= 0.3 is 0 Å². The Morgan fingerprint density at radius 1 is 1.04 bits per heavy atom. The number of nitrogens with two attached hydrogens (primary N) is 1. The summed E-state index contributed by atoms with van der Waals surface area (Å²) >= 11 is 0. The summed E-state index contributed by atoms with van der Waals surface area (Å²) in [5.41, 5.74) is 9.62. The summed E-state index contributed by atoms with van der Waals surface area (Å²) in [5.74, 6) is 0.0472. The van der Waals surface area contributed by atoms with Crippen molar-refractivity contribution in [2.45, 2.75) is 32.2 Å². The second-order valence-electron chi connectivity index (χ2n) is 5.49. The molecule has 0 saturated heterocycles. The average molecular weight is 333 g/mol. The van der Waals surface area contributed by atoms with Gasteiger partial charge in [0.15, 0.2) is 0 Å². The Hall–Kier alpha value is -1.84. The maximum Gasteiger partial charge on any atom is 0.220 e. The summed E-state index contributed by atoms with van der Waals surface area (Å²) in [7, 11) is 0. The van der Waals surface area contributed by atoms with E-state index >= 15 is 0 Å². The molecule has 0 spiro atoms. The Bertz CT molecular complexity index is 584. The maximum absolute atomic E-state index is 11.9. The van der Waals surface area contributed by atoms with Gasteiger partial charge in [0, 0.05) is 19.0 Å². The summed E-state index contributed by atoms with van der Waals surface area (Å²) in [4.78, 5) is 11.9. The zero-order valence-electron chi connectivity index (χ0n) is 13.5. The van der Waals surface area contributed by atoms with Gasteiger partial charge in [-0.25, -0.2) is 0 Å². The van der Waals surface area contributed by atoms with Crippen LogP contribution in [0.25, 0.3) is 0 Å². The number of rotatable bonds is 7. The van der Waals surface area contributed by atoms with E-state index < -0.39 is 0 Å². The van der Waals surface area contributed by atoms with E-state index in [4.69, 9.17) is 5.73 Å². The zero-order valence-corrected chi connectivity index (χ0v) is 14.3. The van der Waals surface area contributed by atoms with Crippen LogP contribution in [-0.2, 0) is 17.6 Å². The molecule has 1 amide bonds. The summed E-state index contributed by atoms with van der Waals surface area (Å²) in [5, 5.41) is 2.91. The van der Waals surface area contributed by atoms with Crippen molar-refractivity contribution in [3.05, 3.63) is 71.3 Å². The van der Waals surface area contributed by atoms with Crippen molar-refractivity contribution in [1.29, 1.82) is 0 Å². The van der Waals surface area contributed by atoms with Gasteiger partial charge in [-0.05, 0) is 29.5 Å². The number of carbonyl (C=O) groups excluding carboxylic acids is 1. The van der Waals surface area contributed by atoms with E-state index in [0.717, 1.165) is 18.4 Å². The minimum atomic E-state index is -0.158. The van der Waals surface area contributed by atoms with Crippen molar-refractivity contribution < 1.29 is 4.79 Å². The summed E-state index contributed by atoms with van der Waals surface area (Å²) < 4.78 is 0. The molecule has 0 fully saturated rings. The number of hydrogen-bond donors (Lipinski definition) is 2. The molecule has 0 aliphatic heterocycles. The molecule has 0 radical (unpaired) electrons. The highest BCUT2D eigenvalue weighted by atomic mass is 35.5.